The molecule has 2 heterocycles. The molecule has 2 aromatic carbocycles. The molecule has 4 rings (SSSR count). The largest absolute Gasteiger partial charge is 0.465 e. The third kappa shape index (κ3) is 5.59. The SMILES string of the molecule is COC(=O)c1ccc(NC(=O)CS(=O)(=O)c2cn(CC(=O)N3CCC(C)CC3)c3ccccc23)cc1. The Labute approximate surface area is 209 Å². The van der Waals surface area contributed by atoms with E-state index >= 15 is 0 Å². The Morgan fingerprint density at radius 3 is 2.36 bits per heavy atom. The molecule has 1 N–H and O–H groups in total. The predicted molar refractivity (Wildman–Crippen MR) is 135 cm³/mol. The third-order valence-electron chi connectivity index (χ3n) is 6.44. The topological polar surface area (TPSA) is 115 Å². The van der Waals surface area contributed by atoms with Gasteiger partial charge in [-0.3, -0.25) is 9.59 Å². The number of methoxy groups -OCH3 is 1. The average Bonchev–Trinajstić information content (AvgIpc) is 3.23. The van der Waals surface area contributed by atoms with Crippen LogP contribution in [0.1, 0.15) is 30.1 Å². The van der Waals surface area contributed by atoms with Crippen molar-refractivity contribution in [1.29, 1.82) is 0 Å². The molecule has 0 aliphatic carbocycles. The number of carbonyl (C=O) groups is 3. The number of anilines is 1. The lowest BCUT2D eigenvalue weighted by Gasteiger charge is -2.30. The van der Waals surface area contributed by atoms with Crippen LogP contribution in [0.5, 0.6) is 0 Å². The number of piperidine rings is 1. The molecule has 1 aliphatic rings. The molecule has 0 atom stereocenters. The summed E-state index contributed by atoms with van der Waals surface area (Å²) < 4.78 is 32.8. The van der Waals surface area contributed by atoms with E-state index in [-0.39, 0.29) is 17.3 Å². The molecule has 0 spiro atoms. The Balaban J connectivity index is 1.51. The second-order valence-corrected chi connectivity index (χ2v) is 11.0. The first-order valence-corrected chi connectivity index (χ1v) is 13.4. The highest BCUT2D eigenvalue weighted by molar-refractivity contribution is 7.92. The molecule has 1 aromatic heterocycles. The van der Waals surface area contributed by atoms with Gasteiger partial charge in [0.15, 0.2) is 9.84 Å². The predicted octanol–water partition coefficient (Wildman–Crippen LogP) is 3.10. The molecule has 190 valence electrons. The summed E-state index contributed by atoms with van der Waals surface area (Å²) in [5, 5.41) is 3.01. The molecule has 0 saturated carbocycles. The van der Waals surface area contributed by atoms with Crippen molar-refractivity contribution in [1.82, 2.24) is 9.47 Å². The van der Waals surface area contributed by atoms with Gasteiger partial charge in [0.05, 0.1) is 17.6 Å². The van der Waals surface area contributed by atoms with Crippen molar-refractivity contribution in [2.24, 2.45) is 5.92 Å². The quantitative estimate of drug-likeness (QED) is 0.488. The van der Waals surface area contributed by atoms with Gasteiger partial charge in [-0.25, -0.2) is 13.2 Å². The van der Waals surface area contributed by atoms with E-state index in [1.54, 1.807) is 28.8 Å². The molecule has 2 amide bonds. The Kier molecular flexibility index (Phi) is 7.44. The van der Waals surface area contributed by atoms with E-state index in [9.17, 15) is 22.8 Å². The number of amides is 2. The molecule has 0 unspecified atom stereocenters. The lowest BCUT2D eigenvalue weighted by Crippen LogP contribution is -2.39. The highest BCUT2D eigenvalue weighted by Gasteiger charge is 2.26. The molecular weight excluding hydrogens is 482 g/mol. The Morgan fingerprint density at radius 2 is 1.69 bits per heavy atom. The zero-order valence-electron chi connectivity index (χ0n) is 20.3. The first kappa shape index (κ1) is 25.4. The second-order valence-electron chi connectivity index (χ2n) is 9.08. The van der Waals surface area contributed by atoms with Crippen LogP contribution in [0.15, 0.2) is 59.6 Å². The normalized spacial score (nSPS) is 14.6. The fraction of sp³-hybridized carbons (Fsp3) is 0.346. The van der Waals surface area contributed by atoms with Gasteiger partial charge in [-0.15, -0.1) is 0 Å². The van der Waals surface area contributed by atoms with Crippen molar-refractivity contribution >= 4 is 44.2 Å². The highest BCUT2D eigenvalue weighted by atomic mass is 32.2. The lowest BCUT2D eigenvalue weighted by molar-refractivity contribution is -0.133. The van der Waals surface area contributed by atoms with Crippen LogP contribution in [-0.4, -0.2) is 61.6 Å². The van der Waals surface area contributed by atoms with Crippen molar-refractivity contribution in [3.05, 3.63) is 60.3 Å². The number of likely N-dealkylation sites (tertiary alicyclic amines) is 1. The number of benzene rings is 2. The third-order valence-corrected chi connectivity index (χ3v) is 8.08. The summed E-state index contributed by atoms with van der Waals surface area (Å²) in [4.78, 5) is 38.9. The summed E-state index contributed by atoms with van der Waals surface area (Å²) >= 11 is 0. The van der Waals surface area contributed by atoms with Gasteiger partial charge in [-0.2, -0.15) is 0 Å². The first-order chi connectivity index (χ1) is 17.2. The van der Waals surface area contributed by atoms with Gasteiger partial charge in [0, 0.05) is 35.9 Å². The van der Waals surface area contributed by atoms with Crippen molar-refractivity contribution in [3.63, 3.8) is 0 Å². The molecule has 0 bridgehead atoms. The number of nitrogens with one attached hydrogen (secondary N) is 1. The van der Waals surface area contributed by atoms with Crippen molar-refractivity contribution in [2.75, 3.05) is 31.3 Å². The summed E-state index contributed by atoms with van der Waals surface area (Å²) in [5.74, 6) is -1.45. The number of fused-ring (bicyclic) bond motifs is 1. The Hall–Kier alpha value is -3.66. The number of hydrogen-bond donors (Lipinski definition) is 1. The number of para-hydroxylation sites is 1. The highest BCUT2D eigenvalue weighted by Crippen LogP contribution is 2.27. The maximum absolute atomic E-state index is 13.2. The lowest BCUT2D eigenvalue weighted by atomic mass is 9.99. The molecule has 1 fully saturated rings. The molecular formula is C26H29N3O6S. The number of sulfone groups is 1. The summed E-state index contributed by atoms with van der Waals surface area (Å²) in [7, 11) is -2.74. The second kappa shape index (κ2) is 10.5. The summed E-state index contributed by atoms with van der Waals surface area (Å²) in [6, 6.07) is 12.9. The fourth-order valence-corrected chi connectivity index (χ4v) is 5.72. The van der Waals surface area contributed by atoms with Crippen LogP contribution in [0.25, 0.3) is 10.9 Å². The van der Waals surface area contributed by atoms with Gasteiger partial charge >= 0.3 is 5.97 Å². The minimum absolute atomic E-state index is 0.00866. The smallest absolute Gasteiger partial charge is 0.337 e. The maximum atomic E-state index is 13.2. The van der Waals surface area contributed by atoms with Crippen LogP contribution < -0.4 is 5.32 Å². The van der Waals surface area contributed by atoms with E-state index in [0.717, 1.165) is 12.8 Å². The van der Waals surface area contributed by atoms with Crippen LogP contribution in [0.2, 0.25) is 0 Å². The van der Waals surface area contributed by atoms with E-state index in [4.69, 9.17) is 0 Å². The van der Waals surface area contributed by atoms with Gasteiger partial charge in [0.25, 0.3) is 0 Å². The van der Waals surface area contributed by atoms with Crippen molar-refractivity contribution in [2.45, 2.75) is 31.2 Å². The van der Waals surface area contributed by atoms with E-state index < -0.39 is 27.5 Å². The van der Waals surface area contributed by atoms with Gasteiger partial charge < -0.3 is 19.5 Å². The Morgan fingerprint density at radius 1 is 1.03 bits per heavy atom. The van der Waals surface area contributed by atoms with E-state index in [2.05, 4.69) is 17.0 Å². The maximum Gasteiger partial charge on any atom is 0.337 e. The number of hydrogen-bond acceptors (Lipinski definition) is 6. The number of carbonyl (C=O) groups excluding carboxylic acids is 3. The van der Waals surface area contributed by atoms with Crippen LogP contribution in [0.3, 0.4) is 0 Å². The van der Waals surface area contributed by atoms with E-state index in [1.165, 1.54) is 37.6 Å². The number of esters is 1. The zero-order valence-corrected chi connectivity index (χ0v) is 21.1. The zero-order chi connectivity index (χ0) is 25.9. The summed E-state index contributed by atoms with van der Waals surface area (Å²) in [6.45, 7) is 3.60. The molecule has 0 radical (unpaired) electrons. The average molecular weight is 512 g/mol. The number of ether oxygens (including phenoxy) is 1. The van der Waals surface area contributed by atoms with Crippen LogP contribution in [0.4, 0.5) is 5.69 Å². The van der Waals surface area contributed by atoms with Gasteiger partial charge in [-0.1, -0.05) is 25.1 Å². The van der Waals surface area contributed by atoms with Gasteiger partial charge in [0.1, 0.15) is 12.3 Å². The minimum atomic E-state index is -4.01. The minimum Gasteiger partial charge on any atom is -0.465 e. The first-order valence-electron chi connectivity index (χ1n) is 11.7. The van der Waals surface area contributed by atoms with Crippen LogP contribution in [-0.2, 0) is 30.7 Å². The number of rotatable bonds is 7. The van der Waals surface area contributed by atoms with Crippen molar-refractivity contribution in [3.8, 4) is 0 Å². The molecule has 10 heteroatoms. The summed E-state index contributed by atoms with van der Waals surface area (Å²) in [5.41, 5.74) is 1.28. The van der Waals surface area contributed by atoms with Crippen LogP contribution >= 0.6 is 0 Å². The Bertz CT molecular complexity index is 1390. The monoisotopic (exact) mass is 511 g/mol. The number of nitrogens with zero attached hydrogens (tertiary/aromatic N) is 2. The molecule has 36 heavy (non-hydrogen) atoms. The van der Waals surface area contributed by atoms with Crippen molar-refractivity contribution < 1.29 is 27.5 Å². The number of aromatic nitrogens is 1. The molecule has 1 saturated heterocycles. The molecule has 1 aliphatic heterocycles. The fourth-order valence-electron chi connectivity index (χ4n) is 4.35. The van der Waals surface area contributed by atoms with Gasteiger partial charge in [-0.05, 0) is 49.1 Å². The van der Waals surface area contributed by atoms with E-state index in [0.29, 0.717) is 41.2 Å². The van der Waals surface area contributed by atoms with E-state index in [1.807, 2.05) is 4.90 Å². The molecule has 3 aromatic rings. The van der Waals surface area contributed by atoms with Crippen LogP contribution in [0, 0.1) is 5.92 Å². The van der Waals surface area contributed by atoms with Gasteiger partial charge in [0.2, 0.25) is 11.8 Å². The molecule has 9 nitrogen and oxygen atoms in total. The standard InChI is InChI=1S/C26H29N3O6S/c1-18-11-13-28(14-12-18)25(31)16-29-15-23(21-5-3-4-6-22(21)29)36(33,34)17-24(30)27-20-9-7-19(8-10-20)26(32)35-2/h3-10,15,18H,11-14,16-17H2,1-2H3,(H,27,30). The summed E-state index contributed by atoms with van der Waals surface area (Å²) in [6.07, 6.45) is 3.36.